The first kappa shape index (κ1) is 16.6. The van der Waals surface area contributed by atoms with E-state index in [1.54, 1.807) is 11.9 Å². The van der Waals surface area contributed by atoms with E-state index in [2.05, 4.69) is 15.6 Å². The van der Waals surface area contributed by atoms with Gasteiger partial charge in [0.1, 0.15) is 11.3 Å². The van der Waals surface area contributed by atoms with E-state index in [-0.39, 0.29) is 28.5 Å². The summed E-state index contributed by atoms with van der Waals surface area (Å²) in [6, 6.07) is 1.72. The van der Waals surface area contributed by atoms with Crippen LogP contribution in [0.2, 0.25) is 0 Å². The Labute approximate surface area is 140 Å². The predicted molar refractivity (Wildman–Crippen MR) is 86.9 cm³/mol. The fraction of sp³-hybridized carbons (Fsp3) is 0.400. The number of carbonyl (C=O) groups excluding carboxylic acids is 2. The molecule has 0 spiro atoms. The molecule has 0 saturated carbocycles. The molecule has 1 unspecified atom stereocenters. The number of hydrogen-bond donors (Lipinski definition) is 2. The highest BCUT2D eigenvalue weighted by Gasteiger charge is 2.28. The van der Waals surface area contributed by atoms with Crippen LogP contribution in [0, 0.1) is 17.6 Å². The zero-order valence-electron chi connectivity index (χ0n) is 12.9. The fourth-order valence-corrected chi connectivity index (χ4v) is 3.66. The zero-order chi connectivity index (χ0) is 17.3. The van der Waals surface area contributed by atoms with Crippen molar-refractivity contribution in [1.82, 2.24) is 15.2 Å². The average molecular weight is 354 g/mol. The lowest BCUT2D eigenvalue weighted by Gasteiger charge is -2.31. The molecule has 6 nitrogen and oxygen atoms in total. The van der Waals surface area contributed by atoms with Gasteiger partial charge in [0, 0.05) is 26.2 Å². The summed E-state index contributed by atoms with van der Waals surface area (Å²) in [4.78, 5) is 29.7. The summed E-state index contributed by atoms with van der Waals surface area (Å²) in [5, 5.41) is 5.41. The van der Waals surface area contributed by atoms with Crippen molar-refractivity contribution >= 4 is 38.6 Å². The standard InChI is InChI=1S/C15H16F2N4O2S/c1-18-15(23)21-4-2-3-8(7-21)13(22)20-14-19-12-10(17)5-9(16)6-11(12)24-14/h5-6,8H,2-4,7H2,1H3,(H,18,23)(H,19,20,22). The highest BCUT2D eigenvalue weighted by Crippen LogP contribution is 2.29. The first-order valence-electron chi connectivity index (χ1n) is 7.51. The second kappa shape index (κ2) is 6.68. The van der Waals surface area contributed by atoms with Crippen LogP contribution in [0.15, 0.2) is 12.1 Å². The molecule has 1 fully saturated rings. The maximum absolute atomic E-state index is 13.7. The van der Waals surface area contributed by atoms with E-state index in [0.29, 0.717) is 24.2 Å². The Hall–Kier alpha value is -2.29. The maximum atomic E-state index is 13.7. The van der Waals surface area contributed by atoms with Crippen molar-refractivity contribution in [1.29, 1.82) is 0 Å². The Morgan fingerprint density at radius 3 is 2.92 bits per heavy atom. The van der Waals surface area contributed by atoms with E-state index in [1.807, 2.05) is 0 Å². The highest BCUT2D eigenvalue weighted by atomic mass is 32.1. The summed E-state index contributed by atoms with van der Waals surface area (Å²) < 4.78 is 27.2. The molecular formula is C15H16F2N4O2S. The SMILES string of the molecule is CNC(=O)N1CCCC(C(=O)Nc2nc3c(F)cc(F)cc3s2)C1. The third-order valence-corrected chi connectivity index (χ3v) is 4.85. The number of likely N-dealkylation sites (tertiary alicyclic amines) is 1. The second-order valence-electron chi connectivity index (χ2n) is 5.58. The van der Waals surface area contributed by atoms with Crippen LogP contribution in [0.4, 0.5) is 18.7 Å². The Morgan fingerprint density at radius 2 is 2.17 bits per heavy atom. The van der Waals surface area contributed by atoms with Crippen molar-refractivity contribution in [3.63, 3.8) is 0 Å². The van der Waals surface area contributed by atoms with Gasteiger partial charge < -0.3 is 15.5 Å². The number of amides is 3. The number of halogens is 2. The van der Waals surface area contributed by atoms with Crippen LogP contribution in [0.5, 0.6) is 0 Å². The number of benzene rings is 1. The molecule has 0 bridgehead atoms. The van der Waals surface area contributed by atoms with E-state index in [9.17, 15) is 18.4 Å². The van der Waals surface area contributed by atoms with Crippen molar-refractivity contribution < 1.29 is 18.4 Å². The molecule has 0 aliphatic carbocycles. The van der Waals surface area contributed by atoms with Gasteiger partial charge in [0.05, 0.1) is 10.6 Å². The summed E-state index contributed by atoms with van der Waals surface area (Å²) in [5.41, 5.74) is 0.0346. The van der Waals surface area contributed by atoms with Gasteiger partial charge in [0.2, 0.25) is 5.91 Å². The van der Waals surface area contributed by atoms with Crippen molar-refractivity contribution in [3.05, 3.63) is 23.8 Å². The quantitative estimate of drug-likeness (QED) is 0.870. The van der Waals surface area contributed by atoms with Crippen molar-refractivity contribution in [3.8, 4) is 0 Å². The zero-order valence-corrected chi connectivity index (χ0v) is 13.8. The largest absolute Gasteiger partial charge is 0.341 e. The smallest absolute Gasteiger partial charge is 0.317 e. The van der Waals surface area contributed by atoms with Gasteiger partial charge >= 0.3 is 6.03 Å². The first-order chi connectivity index (χ1) is 11.5. The number of carbonyl (C=O) groups is 2. The number of urea groups is 1. The minimum Gasteiger partial charge on any atom is -0.341 e. The van der Waals surface area contributed by atoms with Gasteiger partial charge in [-0.2, -0.15) is 0 Å². The molecule has 128 valence electrons. The van der Waals surface area contributed by atoms with Crippen LogP contribution >= 0.6 is 11.3 Å². The predicted octanol–water partition coefficient (Wildman–Crippen LogP) is 2.56. The topological polar surface area (TPSA) is 74.3 Å². The molecule has 1 aromatic heterocycles. The Balaban J connectivity index is 1.72. The molecular weight excluding hydrogens is 338 g/mol. The van der Waals surface area contributed by atoms with Crippen LogP contribution < -0.4 is 10.6 Å². The lowest BCUT2D eigenvalue weighted by molar-refractivity contribution is -0.121. The number of nitrogens with one attached hydrogen (secondary N) is 2. The molecule has 1 aliphatic heterocycles. The van der Waals surface area contributed by atoms with E-state index >= 15 is 0 Å². The van der Waals surface area contributed by atoms with Gasteiger partial charge in [-0.05, 0) is 18.9 Å². The number of thiazole rings is 1. The van der Waals surface area contributed by atoms with Crippen LogP contribution in [0.1, 0.15) is 12.8 Å². The molecule has 2 N–H and O–H groups in total. The highest BCUT2D eigenvalue weighted by molar-refractivity contribution is 7.22. The lowest BCUT2D eigenvalue weighted by Crippen LogP contribution is -2.47. The van der Waals surface area contributed by atoms with Crippen LogP contribution in [-0.2, 0) is 4.79 Å². The number of aromatic nitrogens is 1. The van der Waals surface area contributed by atoms with Gasteiger partial charge in [-0.3, -0.25) is 4.79 Å². The van der Waals surface area contributed by atoms with E-state index in [1.165, 1.54) is 6.07 Å². The third kappa shape index (κ3) is 3.30. The molecule has 3 rings (SSSR count). The fourth-order valence-electron chi connectivity index (χ4n) is 2.75. The summed E-state index contributed by atoms with van der Waals surface area (Å²) in [5.74, 6) is -2.08. The van der Waals surface area contributed by atoms with Crippen LogP contribution in [-0.4, -0.2) is 42.0 Å². The number of piperidine rings is 1. The Morgan fingerprint density at radius 1 is 1.38 bits per heavy atom. The van der Waals surface area contributed by atoms with E-state index < -0.39 is 11.6 Å². The van der Waals surface area contributed by atoms with Gasteiger partial charge in [-0.1, -0.05) is 11.3 Å². The van der Waals surface area contributed by atoms with Crippen molar-refractivity contribution in [2.45, 2.75) is 12.8 Å². The van der Waals surface area contributed by atoms with E-state index in [0.717, 1.165) is 23.8 Å². The maximum Gasteiger partial charge on any atom is 0.317 e. The molecule has 1 aromatic carbocycles. The molecule has 1 aliphatic rings. The summed E-state index contributed by atoms with van der Waals surface area (Å²) in [7, 11) is 1.54. The van der Waals surface area contributed by atoms with E-state index in [4.69, 9.17) is 0 Å². The molecule has 24 heavy (non-hydrogen) atoms. The average Bonchev–Trinajstić information content (AvgIpc) is 2.96. The number of nitrogens with zero attached hydrogens (tertiary/aromatic N) is 2. The van der Waals surface area contributed by atoms with Gasteiger partial charge in [0.25, 0.3) is 0 Å². The number of fused-ring (bicyclic) bond motifs is 1. The normalized spacial score (nSPS) is 17.8. The Kier molecular flexibility index (Phi) is 4.61. The molecule has 0 radical (unpaired) electrons. The minimum absolute atomic E-state index is 0.0346. The van der Waals surface area contributed by atoms with Gasteiger partial charge in [0.15, 0.2) is 10.9 Å². The molecule has 9 heteroatoms. The first-order valence-corrected chi connectivity index (χ1v) is 8.32. The van der Waals surface area contributed by atoms with Crippen molar-refractivity contribution in [2.75, 3.05) is 25.5 Å². The van der Waals surface area contributed by atoms with Crippen LogP contribution in [0.3, 0.4) is 0 Å². The molecule has 2 aromatic rings. The van der Waals surface area contributed by atoms with Gasteiger partial charge in [-0.15, -0.1) is 0 Å². The minimum atomic E-state index is -0.759. The molecule has 2 heterocycles. The second-order valence-corrected chi connectivity index (χ2v) is 6.61. The number of anilines is 1. The molecule has 1 saturated heterocycles. The number of rotatable bonds is 2. The van der Waals surface area contributed by atoms with Crippen molar-refractivity contribution in [2.24, 2.45) is 5.92 Å². The monoisotopic (exact) mass is 354 g/mol. The third-order valence-electron chi connectivity index (χ3n) is 3.94. The Bertz CT molecular complexity index is 795. The summed E-state index contributed by atoms with van der Waals surface area (Å²) >= 11 is 1.01. The van der Waals surface area contributed by atoms with Gasteiger partial charge in [-0.25, -0.2) is 18.6 Å². The van der Waals surface area contributed by atoms with Crippen LogP contribution in [0.25, 0.3) is 10.2 Å². The summed E-state index contributed by atoms with van der Waals surface area (Å²) in [6.07, 6.45) is 1.39. The molecule has 1 atom stereocenters. The summed E-state index contributed by atoms with van der Waals surface area (Å²) in [6.45, 7) is 0.925. The lowest BCUT2D eigenvalue weighted by atomic mass is 9.97. The number of hydrogen-bond acceptors (Lipinski definition) is 4. The molecule has 3 amide bonds.